The molecule has 2 fully saturated rings. The Balaban J connectivity index is 1.38. The minimum absolute atomic E-state index is 0.0184. The molecule has 2 unspecified atom stereocenters. The maximum absolute atomic E-state index is 13.1. The van der Waals surface area contributed by atoms with Gasteiger partial charge in [-0.2, -0.15) is 0 Å². The van der Waals surface area contributed by atoms with Gasteiger partial charge < -0.3 is 19.3 Å². The van der Waals surface area contributed by atoms with Gasteiger partial charge in [-0.15, -0.1) is 0 Å². The first-order chi connectivity index (χ1) is 14.1. The number of carbonyl (C=O) groups excluding carboxylic acids is 2. The first-order valence-corrected chi connectivity index (χ1v) is 9.94. The second-order valence-electron chi connectivity index (χ2n) is 7.45. The van der Waals surface area contributed by atoms with Gasteiger partial charge in [0.15, 0.2) is 0 Å². The number of benzene rings is 1. The molecule has 1 aromatic carbocycles. The Labute approximate surface area is 170 Å². The van der Waals surface area contributed by atoms with Crippen LogP contribution in [0.1, 0.15) is 19.3 Å². The Morgan fingerprint density at radius 3 is 2.55 bits per heavy atom. The molecule has 7 heteroatoms. The number of hydrogen-bond donors (Lipinski definition) is 0. The highest BCUT2D eigenvalue weighted by atomic mass is 16.5. The van der Waals surface area contributed by atoms with E-state index in [0.717, 1.165) is 30.0 Å². The van der Waals surface area contributed by atoms with E-state index in [1.807, 2.05) is 41.3 Å². The molecule has 2 saturated heterocycles. The topological polar surface area (TPSA) is 72.0 Å². The second kappa shape index (κ2) is 8.51. The third kappa shape index (κ3) is 4.34. The number of amides is 2. The zero-order valence-electron chi connectivity index (χ0n) is 16.5. The highest BCUT2D eigenvalue weighted by Gasteiger charge is 2.38. The molecule has 0 radical (unpaired) electrons. The van der Waals surface area contributed by atoms with Gasteiger partial charge in [0.05, 0.1) is 19.6 Å². The lowest BCUT2D eigenvalue weighted by molar-refractivity contribution is -0.138. The van der Waals surface area contributed by atoms with E-state index in [1.165, 1.54) is 0 Å². The quantitative estimate of drug-likeness (QED) is 0.778. The first kappa shape index (κ1) is 19.2. The van der Waals surface area contributed by atoms with Crippen LogP contribution in [0, 0.1) is 5.92 Å². The standard InChI is InChI=1S/C22H25N3O4/c1-28-18-6-4-17(5-7-18)25-14-16(13-21(25)26)22(27)24-12-2-3-20(15-24)29-19-8-10-23-11-9-19/h4-11,16,20H,2-3,12-15H2,1H3. The monoisotopic (exact) mass is 395 g/mol. The van der Waals surface area contributed by atoms with Gasteiger partial charge >= 0.3 is 0 Å². The largest absolute Gasteiger partial charge is 0.497 e. The zero-order valence-corrected chi connectivity index (χ0v) is 16.5. The number of hydrogen-bond acceptors (Lipinski definition) is 5. The molecule has 29 heavy (non-hydrogen) atoms. The van der Waals surface area contributed by atoms with Crippen molar-refractivity contribution in [1.29, 1.82) is 0 Å². The van der Waals surface area contributed by atoms with Crippen LogP contribution in [0.5, 0.6) is 11.5 Å². The van der Waals surface area contributed by atoms with Crippen LogP contribution in [0.15, 0.2) is 48.8 Å². The van der Waals surface area contributed by atoms with E-state index in [9.17, 15) is 9.59 Å². The minimum atomic E-state index is -0.315. The molecule has 152 valence electrons. The van der Waals surface area contributed by atoms with Gasteiger partial charge in [-0.25, -0.2) is 0 Å². The summed E-state index contributed by atoms with van der Waals surface area (Å²) in [7, 11) is 1.61. The van der Waals surface area contributed by atoms with E-state index in [-0.39, 0.29) is 30.3 Å². The van der Waals surface area contributed by atoms with E-state index >= 15 is 0 Å². The van der Waals surface area contributed by atoms with Gasteiger partial charge in [-0.1, -0.05) is 0 Å². The van der Waals surface area contributed by atoms with Crippen LogP contribution in [-0.2, 0) is 9.59 Å². The van der Waals surface area contributed by atoms with Crippen molar-refractivity contribution in [1.82, 2.24) is 9.88 Å². The van der Waals surface area contributed by atoms with Crippen molar-refractivity contribution in [2.45, 2.75) is 25.4 Å². The maximum atomic E-state index is 13.1. The molecule has 2 aliphatic heterocycles. The fraction of sp³-hybridized carbons (Fsp3) is 0.409. The van der Waals surface area contributed by atoms with Crippen molar-refractivity contribution >= 4 is 17.5 Å². The normalized spacial score (nSPS) is 21.9. The summed E-state index contributed by atoms with van der Waals surface area (Å²) in [5, 5.41) is 0. The molecule has 0 bridgehead atoms. The highest BCUT2D eigenvalue weighted by Crippen LogP contribution is 2.29. The zero-order chi connectivity index (χ0) is 20.2. The lowest BCUT2D eigenvalue weighted by atomic mass is 10.0. The van der Waals surface area contributed by atoms with Crippen molar-refractivity contribution in [3.05, 3.63) is 48.8 Å². The molecule has 2 amide bonds. The fourth-order valence-electron chi connectivity index (χ4n) is 3.99. The Hall–Kier alpha value is -3.09. The maximum Gasteiger partial charge on any atom is 0.228 e. The summed E-state index contributed by atoms with van der Waals surface area (Å²) in [6.45, 7) is 1.67. The number of aromatic nitrogens is 1. The molecule has 2 aromatic rings. The van der Waals surface area contributed by atoms with Crippen LogP contribution in [0.2, 0.25) is 0 Å². The summed E-state index contributed by atoms with van der Waals surface area (Å²) in [4.78, 5) is 33.1. The van der Waals surface area contributed by atoms with Crippen LogP contribution in [-0.4, -0.2) is 54.5 Å². The van der Waals surface area contributed by atoms with E-state index in [4.69, 9.17) is 9.47 Å². The molecule has 0 aliphatic carbocycles. The second-order valence-corrected chi connectivity index (χ2v) is 7.45. The third-order valence-electron chi connectivity index (χ3n) is 5.50. The Morgan fingerprint density at radius 1 is 1.07 bits per heavy atom. The van der Waals surface area contributed by atoms with Gasteiger partial charge in [0, 0.05) is 37.6 Å². The summed E-state index contributed by atoms with van der Waals surface area (Å²) < 4.78 is 11.2. The SMILES string of the molecule is COc1ccc(N2CC(C(=O)N3CCCC(Oc4ccncc4)C3)CC2=O)cc1. The van der Waals surface area contributed by atoms with Crippen LogP contribution in [0.25, 0.3) is 0 Å². The molecule has 4 rings (SSSR count). The van der Waals surface area contributed by atoms with Crippen LogP contribution < -0.4 is 14.4 Å². The number of likely N-dealkylation sites (tertiary alicyclic amines) is 1. The molecule has 3 heterocycles. The first-order valence-electron chi connectivity index (χ1n) is 9.94. The molecule has 0 saturated carbocycles. The van der Waals surface area contributed by atoms with Crippen LogP contribution in [0.3, 0.4) is 0 Å². The van der Waals surface area contributed by atoms with E-state index in [0.29, 0.717) is 19.6 Å². The molecule has 7 nitrogen and oxygen atoms in total. The number of pyridine rings is 1. The number of piperidine rings is 1. The minimum Gasteiger partial charge on any atom is -0.497 e. The lowest BCUT2D eigenvalue weighted by Crippen LogP contribution is -2.47. The summed E-state index contributed by atoms with van der Waals surface area (Å²) in [6.07, 6.45) is 5.40. The molecular formula is C22H25N3O4. The number of carbonyl (C=O) groups is 2. The average Bonchev–Trinajstić information content (AvgIpc) is 3.16. The van der Waals surface area contributed by atoms with Gasteiger partial charge in [0.25, 0.3) is 0 Å². The Kier molecular flexibility index (Phi) is 5.64. The average molecular weight is 395 g/mol. The Bertz CT molecular complexity index is 856. The van der Waals surface area contributed by atoms with Crippen molar-refractivity contribution in [3.63, 3.8) is 0 Å². The number of ether oxygens (including phenoxy) is 2. The Morgan fingerprint density at radius 2 is 1.83 bits per heavy atom. The molecule has 0 N–H and O–H groups in total. The number of nitrogens with zero attached hydrogens (tertiary/aromatic N) is 3. The molecule has 1 aromatic heterocycles. The summed E-state index contributed by atoms with van der Waals surface area (Å²) in [5.74, 6) is 1.21. The van der Waals surface area contributed by atoms with Gasteiger partial charge in [-0.3, -0.25) is 14.6 Å². The van der Waals surface area contributed by atoms with Gasteiger partial charge in [0.1, 0.15) is 17.6 Å². The summed E-state index contributed by atoms with van der Waals surface area (Å²) in [5.41, 5.74) is 0.795. The smallest absolute Gasteiger partial charge is 0.228 e. The van der Waals surface area contributed by atoms with Crippen molar-refractivity contribution < 1.29 is 19.1 Å². The number of methoxy groups -OCH3 is 1. The molecule has 0 spiro atoms. The molecular weight excluding hydrogens is 370 g/mol. The number of rotatable bonds is 5. The predicted octanol–water partition coefficient (Wildman–Crippen LogP) is 2.51. The number of anilines is 1. The summed E-state index contributed by atoms with van der Waals surface area (Å²) >= 11 is 0. The summed E-state index contributed by atoms with van der Waals surface area (Å²) in [6, 6.07) is 11.0. The van der Waals surface area contributed by atoms with Crippen molar-refractivity contribution in [3.8, 4) is 11.5 Å². The molecule has 2 atom stereocenters. The van der Waals surface area contributed by atoms with Gasteiger partial charge in [-0.05, 0) is 49.2 Å². The lowest BCUT2D eigenvalue weighted by Gasteiger charge is -2.34. The predicted molar refractivity (Wildman–Crippen MR) is 108 cm³/mol. The molecule has 2 aliphatic rings. The van der Waals surface area contributed by atoms with Crippen molar-refractivity contribution in [2.75, 3.05) is 31.6 Å². The van der Waals surface area contributed by atoms with Crippen LogP contribution >= 0.6 is 0 Å². The van der Waals surface area contributed by atoms with Crippen molar-refractivity contribution in [2.24, 2.45) is 5.92 Å². The van der Waals surface area contributed by atoms with E-state index < -0.39 is 0 Å². The van der Waals surface area contributed by atoms with Gasteiger partial charge in [0.2, 0.25) is 11.8 Å². The van der Waals surface area contributed by atoms with Crippen LogP contribution in [0.4, 0.5) is 5.69 Å². The third-order valence-corrected chi connectivity index (χ3v) is 5.50. The highest BCUT2D eigenvalue weighted by molar-refractivity contribution is 6.00. The van der Waals surface area contributed by atoms with E-state index in [1.54, 1.807) is 24.4 Å². The fourth-order valence-corrected chi connectivity index (χ4v) is 3.99. The van der Waals surface area contributed by atoms with E-state index in [2.05, 4.69) is 4.98 Å².